The van der Waals surface area contributed by atoms with Crippen LogP contribution in [0.25, 0.3) is 0 Å². The summed E-state index contributed by atoms with van der Waals surface area (Å²) in [5, 5.41) is 22.2. The zero-order chi connectivity index (χ0) is 27.5. The molecule has 0 atom stereocenters. The minimum atomic E-state index is -0.414. The van der Waals surface area contributed by atoms with Crippen molar-refractivity contribution in [2.45, 2.75) is 57.8 Å². The molecule has 4 rings (SSSR count). The largest absolute Gasteiger partial charge is 0.480 e. The van der Waals surface area contributed by atoms with E-state index < -0.39 is 9.85 Å². The Balaban J connectivity index is 1.54. The van der Waals surface area contributed by atoms with Crippen LogP contribution >= 0.6 is 35.5 Å². The number of nitrogens with zero attached hydrogens (tertiary/aromatic N) is 3. The standard InChI is InChI=1S/C28H29N3O5S3/c32-30(33)22-11-15-24(16-12-22)37-28(38-25-17-13-23(14-18-25)31(34)35)19-27(29-39-26-9-5-2-6-10-26)36-20-21-7-3-1-4-8-21/h2,5-6,9-18,21,28H,1,3-4,7-8,19-20H2. The predicted molar refractivity (Wildman–Crippen MR) is 159 cm³/mol. The first-order valence-corrected chi connectivity index (χ1v) is 15.2. The second kappa shape index (κ2) is 14.9. The lowest BCUT2D eigenvalue weighted by Crippen LogP contribution is -2.18. The third-order valence-electron chi connectivity index (χ3n) is 6.18. The van der Waals surface area contributed by atoms with Gasteiger partial charge in [-0.15, -0.1) is 23.5 Å². The van der Waals surface area contributed by atoms with Crippen molar-refractivity contribution >= 4 is 52.7 Å². The van der Waals surface area contributed by atoms with Crippen LogP contribution < -0.4 is 0 Å². The topological polar surface area (TPSA) is 108 Å². The van der Waals surface area contributed by atoms with E-state index in [0.29, 0.717) is 24.8 Å². The molecule has 8 nitrogen and oxygen atoms in total. The summed E-state index contributed by atoms with van der Waals surface area (Å²) >= 11 is 4.50. The molecule has 1 fully saturated rings. The number of thioether (sulfide) groups is 2. The van der Waals surface area contributed by atoms with Crippen LogP contribution in [0.4, 0.5) is 11.4 Å². The quantitative estimate of drug-likeness (QED) is 0.0396. The van der Waals surface area contributed by atoms with Gasteiger partial charge >= 0.3 is 0 Å². The molecular formula is C28H29N3O5S3. The van der Waals surface area contributed by atoms with E-state index in [0.717, 1.165) is 27.5 Å². The molecule has 1 saturated carbocycles. The third kappa shape index (κ3) is 9.59. The van der Waals surface area contributed by atoms with E-state index >= 15 is 0 Å². The summed E-state index contributed by atoms with van der Waals surface area (Å²) in [6.07, 6.45) is 6.58. The molecule has 0 aliphatic heterocycles. The van der Waals surface area contributed by atoms with Gasteiger partial charge in [-0.2, -0.15) is 4.40 Å². The molecule has 11 heteroatoms. The van der Waals surface area contributed by atoms with Crippen molar-refractivity contribution < 1.29 is 14.6 Å². The Morgan fingerprint density at radius 1 is 0.795 bits per heavy atom. The van der Waals surface area contributed by atoms with Crippen LogP contribution in [0.5, 0.6) is 0 Å². The highest BCUT2D eigenvalue weighted by Gasteiger charge is 2.21. The fraction of sp³-hybridized carbons (Fsp3) is 0.321. The Morgan fingerprint density at radius 3 is 1.85 bits per heavy atom. The van der Waals surface area contributed by atoms with Gasteiger partial charge in [-0.3, -0.25) is 20.2 Å². The molecule has 1 aliphatic rings. The summed E-state index contributed by atoms with van der Waals surface area (Å²) in [6, 6.07) is 22.9. The van der Waals surface area contributed by atoms with Gasteiger partial charge in [0, 0.05) is 57.3 Å². The van der Waals surface area contributed by atoms with Crippen LogP contribution in [-0.2, 0) is 4.74 Å². The van der Waals surface area contributed by atoms with Gasteiger partial charge in [0.1, 0.15) is 0 Å². The van der Waals surface area contributed by atoms with E-state index in [1.165, 1.54) is 55.5 Å². The lowest BCUT2D eigenvalue weighted by molar-refractivity contribution is -0.385. The Bertz CT molecular complexity index is 1190. The first-order valence-electron chi connectivity index (χ1n) is 12.7. The molecule has 0 saturated heterocycles. The van der Waals surface area contributed by atoms with Crippen molar-refractivity contribution in [1.82, 2.24) is 0 Å². The second-order valence-corrected chi connectivity index (χ2v) is 12.8. The Kier molecular flexibility index (Phi) is 11.1. The Labute approximate surface area is 240 Å². The van der Waals surface area contributed by atoms with Gasteiger partial charge in [0.05, 0.1) is 21.0 Å². The van der Waals surface area contributed by atoms with Gasteiger partial charge in [-0.05, 0) is 55.2 Å². The maximum atomic E-state index is 11.1. The van der Waals surface area contributed by atoms with Gasteiger partial charge in [-0.1, -0.05) is 37.5 Å². The summed E-state index contributed by atoms with van der Waals surface area (Å²) in [4.78, 5) is 24.1. The Morgan fingerprint density at radius 2 is 1.33 bits per heavy atom. The van der Waals surface area contributed by atoms with Crippen LogP contribution in [0.3, 0.4) is 0 Å². The molecule has 39 heavy (non-hydrogen) atoms. The van der Waals surface area contributed by atoms with E-state index in [1.807, 2.05) is 30.3 Å². The number of nitro groups is 2. The number of non-ortho nitro benzene ring substituents is 2. The summed E-state index contributed by atoms with van der Waals surface area (Å²) in [6.45, 7) is 0.630. The minimum Gasteiger partial charge on any atom is -0.480 e. The number of nitro benzene ring substituents is 2. The second-order valence-electron chi connectivity index (χ2n) is 9.08. The SMILES string of the molecule is O=[N+]([O-])c1ccc(SC(CC(=NSc2ccccc2)OCC2CCCCC2)Sc2ccc([N+](=O)[O-])cc2)cc1. The fourth-order valence-corrected chi connectivity index (χ4v) is 7.24. The van der Waals surface area contributed by atoms with Gasteiger partial charge in [0.25, 0.3) is 11.4 Å². The average Bonchev–Trinajstić information content (AvgIpc) is 2.96. The van der Waals surface area contributed by atoms with Gasteiger partial charge in [-0.25, -0.2) is 0 Å². The number of hydrogen-bond acceptors (Lipinski definition) is 9. The molecule has 0 aromatic heterocycles. The summed E-state index contributed by atoms with van der Waals surface area (Å²) in [5.41, 5.74) is 0.0764. The minimum absolute atomic E-state index is 0.0382. The smallest absolute Gasteiger partial charge is 0.269 e. The maximum Gasteiger partial charge on any atom is 0.269 e. The lowest BCUT2D eigenvalue weighted by Gasteiger charge is -2.23. The summed E-state index contributed by atoms with van der Waals surface area (Å²) in [5.74, 6) is 1.16. The highest BCUT2D eigenvalue weighted by atomic mass is 32.2. The number of benzene rings is 3. The molecule has 0 radical (unpaired) electrons. The van der Waals surface area contributed by atoms with Crippen LogP contribution in [0.15, 0.2) is 97.9 Å². The van der Waals surface area contributed by atoms with E-state index in [4.69, 9.17) is 9.13 Å². The van der Waals surface area contributed by atoms with E-state index in [-0.39, 0.29) is 16.0 Å². The van der Waals surface area contributed by atoms with Gasteiger partial charge in [0.2, 0.25) is 0 Å². The van der Waals surface area contributed by atoms with Crippen molar-refractivity contribution in [2.24, 2.45) is 10.3 Å². The molecule has 0 heterocycles. The molecule has 1 aliphatic carbocycles. The van der Waals surface area contributed by atoms with Gasteiger partial charge < -0.3 is 4.74 Å². The third-order valence-corrected chi connectivity index (χ3v) is 9.48. The van der Waals surface area contributed by atoms with Crippen LogP contribution in [0.2, 0.25) is 0 Å². The predicted octanol–water partition coefficient (Wildman–Crippen LogP) is 8.81. The summed E-state index contributed by atoms with van der Waals surface area (Å²) in [7, 11) is 0. The molecular weight excluding hydrogens is 555 g/mol. The van der Waals surface area contributed by atoms with Crippen molar-refractivity contribution in [1.29, 1.82) is 0 Å². The first-order chi connectivity index (χ1) is 19.0. The van der Waals surface area contributed by atoms with Crippen molar-refractivity contribution in [3.05, 3.63) is 99.1 Å². The zero-order valence-corrected chi connectivity index (χ0v) is 23.7. The first kappa shape index (κ1) is 29.0. The average molecular weight is 584 g/mol. The van der Waals surface area contributed by atoms with Crippen molar-refractivity contribution in [3.63, 3.8) is 0 Å². The number of rotatable bonds is 12. The monoisotopic (exact) mass is 583 g/mol. The maximum absolute atomic E-state index is 11.1. The summed E-state index contributed by atoms with van der Waals surface area (Å²) < 4.78 is 11.0. The molecule has 0 bridgehead atoms. The zero-order valence-electron chi connectivity index (χ0n) is 21.2. The molecule has 0 amide bonds. The molecule has 3 aromatic carbocycles. The Hall–Kier alpha value is -3.02. The van der Waals surface area contributed by atoms with Crippen LogP contribution in [-0.4, -0.2) is 26.9 Å². The lowest BCUT2D eigenvalue weighted by atomic mass is 9.90. The van der Waals surface area contributed by atoms with Crippen molar-refractivity contribution in [3.8, 4) is 0 Å². The molecule has 3 aromatic rings. The van der Waals surface area contributed by atoms with E-state index in [9.17, 15) is 20.2 Å². The highest BCUT2D eigenvalue weighted by Crippen LogP contribution is 2.39. The highest BCUT2D eigenvalue weighted by molar-refractivity contribution is 8.17. The van der Waals surface area contributed by atoms with Crippen LogP contribution in [0, 0.1) is 26.1 Å². The molecule has 0 unspecified atom stereocenters. The molecule has 204 valence electrons. The normalized spacial score (nSPS) is 14.3. The number of ether oxygens (including phenoxy) is 1. The van der Waals surface area contributed by atoms with Gasteiger partial charge in [0.15, 0.2) is 5.90 Å². The van der Waals surface area contributed by atoms with E-state index in [1.54, 1.807) is 47.8 Å². The van der Waals surface area contributed by atoms with E-state index in [2.05, 4.69) is 0 Å². The van der Waals surface area contributed by atoms with Crippen LogP contribution in [0.1, 0.15) is 38.5 Å². The van der Waals surface area contributed by atoms with Crippen molar-refractivity contribution in [2.75, 3.05) is 6.61 Å². The fourth-order valence-electron chi connectivity index (χ4n) is 4.12. The molecule has 0 N–H and O–H groups in total. The molecule has 0 spiro atoms. The number of hydrogen-bond donors (Lipinski definition) is 0.